The number of carbonyl (C=O) groups excluding carboxylic acids is 2. The molecule has 154 valence electrons. The van der Waals surface area contributed by atoms with Crippen molar-refractivity contribution in [1.29, 1.82) is 0 Å². The molecule has 0 aliphatic carbocycles. The highest BCUT2D eigenvalue weighted by molar-refractivity contribution is 5.86. The lowest BCUT2D eigenvalue weighted by Crippen LogP contribution is -2.21. The maximum Gasteiger partial charge on any atom is 0.152 e. The van der Waals surface area contributed by atoms with Gasteiger partial charge in [-0.15, -0.1) is 0 Å². The van der Waals surface area contributed by atoms with Gasteiger partial charge in [0.15, 0.2) is 6.29 Å². The summed E-state index contributed by atoms with van der Waals surface area (Å²) in [7, 11) is 1.68. The van der Waals surface area contributed by atoms with Crippen LogP contribution in [-0.4, -0.2) is 40.9 Å². The van der Waals surface area contributed by atoms with E-state index >= 15 is 0 Å². The molecule has 0 unspecified atom stereocenters. The van der Waals surface area contributed by atoms with Crippen LogP contribution in [0.5, 0.6) is 5.75 Å². The van der Waals surface area contributed by atoms with Crippen molar-refractivity contribution < 1.29 is 19.4 Å². The summed E-state index contributed by atoms with van der Waals surface area (Å²) in [5, 5.41) is 12.2. The standard InChI is InChI=1S/C20H20N2O3.C3H8O/c1-11(24)4-6-15-18(10-23)13(3)22-20(15)9-16-12(2)21-19-7-5-14(25)8-17(16)19;1-3-4-2/h5,7-10,21-22,25H,2,4,6H2,1,3H3;3H2,1-2H3/b16-9+;. The number of nitrogens with one attached hydrogen (secondary N) is 2. The first-order valence-electron chi connectivity index (χ1n) is 9.48. The highest BCUT2D eigenvalue weighted by Gasteiger charge is 2.14. The average Bonchev–Trinajstić information content (AvgIpc) is 3.16. The number of aryl methyl sites for hydroxylation is 1. The monoisotopic (exact) mass is 396 g/mol. The molecule has 6 heteroatoms. The lowest BCUT2D eigenvalue weighted by atomic mass is 10.0. The number of phenolic OH excluding ortho intramolecular Hbond substituents is 1. The van der Waals surface area contributed by atoms with Gasteiger partial charge in [0, 0.05) is 58.6 Å². The van der Waals surface area contributed by atoms with Crippen LogP contribution in [0.15, 0.2) is 18.2 Å². The van der Waals surface area contributed by atoms with Crippen molar-refractivity contribution in [3.8, 4) is 5.75 Å². The first kappa shape index (κ1) is 22.2. The molecule has 3 aromatic rings. The maximum absolute atomic E-state index is 11.5. The molecule has 29 heavy (non-hydrogen) atoms. The van der Waals surface area contributed by atoms with Crippen LogP contribution in [-0.2, 0) is 16.0 Å². The number of ketones is 1. The van der Waals surface area contributed by atoms with Gasteiger partial charge < -0.3 is 24.6 Å². The number of fused-ring (bicyclic) bond motifs is 1. The van der Waals surface area contributed by atoms with Gasteiger partial charge in [-0.3, -0.25) is 4.79 Å². The molecular formula is C23H28N2O4. The number of carbonyl (C=O) groups is 2. The van der Waals surface area contributed by atoms with Crippen LogP contribution in [0.4, 0.5) is 0 Å². The fraction of sp³-hybridized carbons (Fsp3) is 0.304. The number of aromatic nitrogens is 2. The minimum atomic E-state index is 0.0801. The maximum atomic E-state index is 11.5. The van der Waals surface area contributed by atoms with Gasteiger partial charge in [-0.1, -0.05) is 6.58 Å². The molecule has 6 nitrogen and oxygen atoms in total. The highest BCUT2D eigenvalue weighted by atomic mass is 16.5. The highest BCUT2D eigenvalue weighted by Crippen LogP contribution is 2.20. The predicted molar refractivity (Wildman–Crippen MR) is 116 cm³/mol. The van der Waals surface area contributed by atoms with Gasteiger partial charge in [0.2, 0.25) is 0 Å². The topological polar surface area (TPSA) is 95.2 Å². The Morgan fingerprint density at radius 2 is 2.00 bits per heavy atom. The van der Waals surface area contributed by atoms with Crippen molar-refractivity contribution in [3.05, 3.63) is 51.3 Å². The van der Waals surface area contributed by atoms with E-state index in [9.17, 15) is 14.7 Å². The fourth-order valence-corrected chi connectivity index (χ4v) is 3.14. The van der Waals surface area contributed by atoms with Gasteiger partial charge in [0.1, 0.15) is 11.5 Å². The predicted octanol–water partition coefficient (Wildman–Crippen LogP) is 2.74. The van der Waals surface area contributed by atoms with Gasteiger partial charge in [0.05, 0.1) is 0 Å². The quantitative estimate of drug-likeness (QED) is 0.558. The van der Waals surface area contributed by atoms with E-state index in [-0.39, 0.29) is 11.5 Å². The number of aldehydes is 1. The number of rotatable bonds is 6. The first-order chi connectivity index (χ1) is 13.8. The number of H-pyrrole nitrogens is 2. The van der Waals surface area contributed by atoms with Crippen molar-refractivity contribution in [1.82, 2.24) is 9.97 Å². The molecular weight excluding hydrogens is 368 g/mol. The third kappa shape index (κ3) is 5.23. The van der Waals surface area contributed by atoms with Crippen LogP contribution in [0.3, 0.4) is 0 Å². The molecule has 0 radical (unpaired) electrons. The van der Waals surface area contributed by atoms with Crippen LogP contribution in [0, 0.1) is 6.92 Å². The summed E-state index contributed by atoms with van der Waals surface area (Å²) in [4.78, 5) is 29.2. The molecule has 0 atom stereocenters. The minimum Gasteiger partial charge on any atom is -0.508 e. The normalized spacial score (nSPS) is 11.4. The first-order valence-corrected chi connectivity index (χ1v) is 9.48. The van der Waals surface area contributed by atoms with Crippen molar-refractivity contribution in [2.45, 2.75) is 33.6 Å². The van der Waals surface area contributed by atoms with E-state index in [4.69, 9.17) is 0 Å². The number of hydrogen-bond donors (Lipinski definition) is 3. The van der Waals surface area contributed by atoms with Crippen molar-refractivity contribution in [3.63, 3.8) is 0 Å². The summed E-state index contributed by atoms with van der Waals surface area (Å²) >= 11 is 0. The number of hydrogen-bond acceptors (Lipinski definition) is 4. The number of ether oxygens (including phenoxy) is 1. The molecule has 0 saturated carbocycles. The number of Topliss-reactive ketones (excluding diaryl/α,β-unsaturated/α-hetero) is 1. The van der Waals surface area contributed by atoms with E-state index < -0.39 is 0 Å². The van der Waals surface area contributed by atoms with E-state index in [2.05, 4.69) is 21.3 Å². The Labute approximate surface area is 169 Å². The Morgan fingerprint density at radius 3 is 2.59 bits per heavy atom. The van der Waals surface area contributed by atoms with Gasteiger partial charge >= 0.3 is 0 Å². The molecule has 0 bridgehead atoms. The second kappa shape index (κ2) is 9.89. The van der Waals surface area contributed by atoms with Gasteiger partial charge in [0.25, 0.3) is 0 Å². The molecule has 0 saturated heterocycles. The Bertz CT molecular complexity index is 1120. The summed E-state index contributed by atoms with van der Waals surface area (Å²) in [6.07, 6.45) is 3.62. The lowest BCUT2D eigenvalue weighted by molar-refractivity contribution is -0.116. The third-order valence-corrected chi connectivity index (χ3v) is 4.70. The van der Waals surface area contributed by atoms with Crippen molar-refractivity contribution in [2.24, 2.45) is 0 Å². The van der Waals surface area contributed by atoms with E-state index in [1.807, 2.05) is 19.9 Å². The molecule has 0 aliphatic rings. The zero-order valence-corrected chi connectivity index (χ0v) is 17.4. The lowest BCUT2D eigenvalue weighted by Gasteiger charge is -2.00. The summed E-state index contributed by atoms with van der Waals surface area (Å²) in [5.74, 6) is 0.255. The largest absolute Gasteiger partial charge is 0.508 e. The van der Waals surface area contributed by atoms with Crippen LogP contribution >= 0.6 is 0 Å². The number of aromatic hydroxyl groups is 1. The second-order valence-corrected chi connectivity index (χ2v) is 6.84. The SMILES string of the molecule is C=c1[nH]c2ccc(O)cc2/c1=C/c1[nH]c(C)c(C=O)c1CCC(C)=O.CCOC. The molecule has 0 spiro atoms. The molecule has 2 heterocycles. The van der Waals surface area contributed by atoms with Gasteiger partial charge in [-0.2, -0.15) is 0 Å². The molecule has 0 aliphatic heterocycles. The average molecular weight is 396 g/mol. The molecule has 1 aromatic carbocycles. The van der Waals surface area contributed by atoms with Crippen LogP contribution in [0.25, 0.3) is 23.6 Å². The smallest absolute Gasteiger partial charge is 0.152 e. The third-order valence-electron chi connectivity index (χ3n) is 4.70. The van der Waals surface area contributed by atoms with Crippen LogP contribution in [0.2, 0.25) is 0 Å². The van der Waals surface area contributed by atoms with E-state index in [0.717, 1.165) is 51.3 Å². The number of phenols is 1. The molecule has 3 rings (SSSR count). The zero-order valence-electron chi connectivity index (χ0n) is 17.4. The number of aromatic amines is 2. The number of benzene rings is 1. The molecule has 0 amide bonds. The van der Waals surface area contributed by atoms with Crippen LogP contribution in [0.1, 0.15) is 47.6 Å². The molecule has 2 aromatic heterocycles. The zero-order chi connectivity index (χ0) is 21.6. The van der Waals surface area contributed by atoms with Gasteiger partial charge in [-0.05, 0) is 57.0 Å². The summed E-state index contributed by atoms with van der Waals surface area (Å²) in [6, 6.07) is 5.09. The molecule has 3 N–H and O–H groups in total. The summed E-state index contributed by atoms with van der Waals surface area (Å²) in [6.45, 7) is 10.2. The fourth-order valence-electron chi connectivity index (χ4n) is 3.14. The second-order valence-electron chi connectivity index (χ2n) is 6.84. The van der Waals surface area contributed by atoms with Crippen molar-refractivity contribution >= 4 is 35.6 Å². The van der Waals surface area contributed by atoms with E-state index in [1.54, 1.807) is 32.2 Å². The van der Waals surface area contributed by atoms with Crippen molar-refractivity contribution in [2.75, 3.05) is 13.7 Å². The Balaban J connectivity index is 0.000000687. The van der Waals surface area contributed by atoms with Gasteiger partial charge in [-0.25, -0.2) is 0 Å². The Morgan fingerprint density at radius 1 is 1.31 bits per heavy atom. The number of methoxy groups -OCH3 is 1. The van der Waals surface area contributed by atoms with E-state index in [1.165, 1.54) is 0 Å². The minimum absolute atomic E-state index is 0.0801. The Kier molecular flexibility index (Phi) is 7.56. The Hall–Kier alpha value is -3.12. The molecule has 0 fully saturated rings. The van der Waals surface area contributed by atoms with Crippen LogP contribution < -0.4 is 10.6 Å². The summed E-state index contributed by atoms with van der Waals surface area (Å²) in [5.41, 5.74) is 3.86. The van der Waals surface area contributed by atoms with E-state index in [0.29, 0.717) is 18.4 Å². The summed E-state index contributed by atoms with van der Waals surface area (Å²) < 4.78 is 4.54.